The smallest absolute Gasteiger partial charge is 0.125 e. The number of hydrogen-bond donors (Lipinski definition) is 0. The Morgan fingerprint density at radius 1 is 1.08 bits per heavy atom. The molecule has 0 unspecified atom stereocenters. The van der Waals surface area contributed by atoms with E-state index in [9.17, 15) is 0 Å². The second kappa shape index (κ2) is 6.58. The van der Waals surface area contributed by atoms with Crippen LogP contribution in [0.15, 0.2) is 21.8 Å². The third kappa shape index (κ3) is 7.44. The molecule has 0 amide bonds. The van der Waals surface area contributed by atoms with Gasteiger partial charge in [0, 0.05) is 11.4 Å². The minimum Gasteiger partial charge on any atom is -0.243 e. The van der Waals surface area contributed by atoms with Crippen molar-refractivity contribution >= 4 is 11.5 Å². The highest BCUT2D eigenvalue weighted by atomic mass is 14.9. The molecular weight excluding hydrogens is 160 g/mol. The molecule has 13 heavy (non-hydrogen) atoms. The van der Waals surface area contributed by atoms with Crippen molar-refractivity contribution in [3.63, 3.8) is 0 Å². The van der Waals surface area contributed by atoms with E-state index in [4.69, 9.17) is 0 Å². The van der Waals surface area contributed by atoms with Crippen LogP contribution in [0.2, 0.25) is 0 Å². The average molecular weight is 180 g/mol. The maximum atomic E-state index is 4.34. The van der Waals surface area contributed by atoms with Gasteiger partial charge in [-0.3, -0.25) is 0 Å². The summed E-state index contributed by atoms with van der Waals surface area (Å²) in [5.41, 5.74) is 2.11. The van der Waals surface area contributed by atoms with E-state index >= 15 is 0 Å². The van der Waals surface area contributed by atoms with E-state index in [1.165, 1.54) is 6.42 Å². The standard InChI is InChI=1S/C11H20N2/c1-6-7-8-10(4)13-11(5)12-9(2)3/h8H,6-7H2,1-5H3/b10-8+,13-11-. The molecule has 0 aromatic heterocycles. The van der Waals surface area contributed by atoms with Crippen LogP contribution >= 0.6 is 0 Å². The van der Waals surface area contributed by atoms with Gasteiger partial charge in [-0.2, -0.15) is 0 Å². The molecule has 74 valence electrons. The van der Waals surface area contributed by atoms with Gasteiger partial charge in [-0.25, -0.2) is 9.98 Å². The van der Waals surface area contributed by atoms with Crippen LogP contribution in [0.25, 0.3) is 0 Å². The molecule has 0 aliphatic heterocycles. The van der Waals surface area contributed by atoms with Gasteiger partial charge >= 0.3 is 0 Å². The SMILES string of the molecule is CCC/C=C(C)/N=C(/C)N=C(C)C. The van der Waals surface area contributed by atoms with E-state index in [1.54, 1.807) is 0 Å². The fourth-order valence-electron chi connectivity index (χ4n) is 1.00. The van der Waals surface area contributed by atoms with Crippen LogP contribution in [0.5, 0.6) is 0 Å². The fraction of sp³-hybridized carbons (Fsp3) is 0.636. The normalized spacial score (nSPS) is 13.0. The zero-order valence-electron chi connectivity index (χ0n) is 9.39. The molecule has 0 fully saturated rings. The molecule has 0 aromatic rings. The molecule has 0 radical (unpaired) electrons. The van der Waals surface area contributed by atoms with E-state index in [0.717, 1.165) is 23.7 Å². The third-order valence-corrected chi connectivity index (χ3v) is 1.45. The van der Waals surface area contributed by atoms with Crippen molar-refractivity contribution in [2.24, 2.45) is 9.98 Å². The van der Waals surface area contributed by atoms with E-state index in [-0.39, 0.29) is 0 Å². The Morgan fingerprint density at radius 2 is 1.69 bits per heavy atom. The van der Waals surface area contributed by atoms with Gasteiger partial charge in [-0.15, -0.1) is 0 Å². The van der Waals surface area contributed by atoms with Crippen LogP contribution in [0.4, 0.5) is 0 Å². The highest BCUT2D eigenvalue weighted by Gasteiger charge is 1.88. The highest BCUT2D eigenvalue weighted by molar-refractivity contribution is 5.94. The van der Waals surface area contributed by atoms with Crippen molar-refractivity contribution in [1.82, 2.24) is 0 Å². The van der Waals surface area contributed by atoms with Crippen LogP contribution < -0.4 is 0 Å². The lowest BCUT2D eigenvalue weighted by atomic mass is 10.3. The first kappa shape index (κ1) is 12.1. The first-order chi connectivity index (χ1) is 6.06. The Bertz CT molecular complexity index is 230. The Balaban J connectivity index is 4.29. The maximum absolute atomic E-state index is 4.34. The summed E-state index contributed by atoms with van der Waals surface area (Å²) in [5.74, 6) is 0.838. The molecule has 2 heteroatoms. The van der Waals surface area contributed by atoms with E-state index in [1.807, 2.05) is 27.7 Å². The van der Waals surface area contributed by atoms with E-state index in [0.29, 0.717) is 0 Å². The number of amidine groups is 1. The first-order valence-corrected chi connectivity index (χ1v) is 4.80. The molecule has 0 atom stereocenters. The van der Waals surface area contributed by atoms with Crippen molar-refractivity contribution in [3.05, 3.63) is 11.8 Å². The third-order valence-electron chi connectivity index (χ3n) is 1.45. The van der Waals surface area contributed by atoms with Crippen LogP contribution in [0.1, 0.15) is 47.5 Å². The van der Waals surface area contributed by atoms with Gasteiger partial charge in [0.25, 0.3) is 0 Å². The zero-order valence-corrected chi connectivity index (χ0v) is 9.39. The van der Waals surface area contributed by atoms with Crippen LogP contribution in [0, 0.1) is 0 Å². The topological polar surface area (TPSA) is 24.7 Å². The fourth-order valence-corrected chi connectivity index (χ4v) is 1.00. The summed E-state index contributed by atoms with van der Waals surface area (Å²) in [5, 5.41) is 0. The van der Waals surface area contributed by atoms with Gasteiger partial charge in [-0.1, -0.05) is 19.4 Å². The number of rotatable bonds is 3. The molecule has 0 saturated carbocycles. The van der Waals surface area contributed by atoms with Gasteiger partial charge in [0.15, 0.2) is 0 Å². The molecule has 0 spiro atoms. The van der Waals surface area contributed by atoms with Crippen LogP contribution in [-0.4, -0.2) is 11.5 Å². The number of aliphatic imine (C=N–C) groups is 2. The Hall–Kier alpha value is -0.920. The Kier molecular flexibility index (Phi) is 6.11. The monoisotopic (exact) mass is 180 g/mol. The number of nitrogens with zero attached hydrogens (tertiary/aromatic N) is 2. The molecule has 0 aliphatic rings. The van der Waals surface area contributed by atoms with Crippen molar-refractivity contribution in [2.45, 2.75) is 47.5 Å². The summed E-state index contributed by atoms with van der Waals surface area (Å²) in [6, 6.07) is 0. The summed E-state index contributed by atoms with van der Waals surface area (Å²) >= 11 is 0. The lowest BCUT2D eigenvalue weighted by Crippen LogP contribution is -1.91. The molecular formula is C11H20N2. The van der Waals surface area contributed by atoms with E-state index < -0.39 is 0 Å². The van der Waals surface area contributed by atoms with Crippen molar-refractivity contribution in [3.8, 4) is 0 Å². The predicted molar refractivity (Wildman–Crippen MR) is 60.6 cm³/mol. The molecule has 0 heterocycles. The van der Waals surface area contributed by atoms with E-state index in [2.05, 4.69) is 23.0 Å². The lowest BCUT2D eigenvalue weighted by Gasteiger charge is -1.95. The molecule has 2 nitrogen and oxygen atoms in total. The molecule has 0 N–H and O–H groups in total. The van der Waals surface area contributed by atoms with Gasteiger partial charge in [0.2, 0.25) is 0 Å². The van der Waals surface area contributed by atoms with Crippen LogP contribution in [0.3, 0.4) is 0 Å². The summed E-state index contributed by atoms with van der Waals surface area (Å²) in [6.07, 6.45) is 4.41. The van der Waals surface area contributed by atoms with Gasteiger partial charge in [-0.05, 0) is 34.1 Å². The Labute approximate surface area is 81.5 Å². The number of unbranched alkanes of at least 4 members (excludes halogenated alkanes) is 1. The molecule has 0 bridgehead atoms. The number of allylic oxidation sites excluding steroid dienone is 2. The minimum absolute atomic E-state index is 0.838. The lowest BCUT2D eigenvalue weighted by molar-refractivity contribution is 0.945. The summed E-state index contributed by atoms with van der Waals surface area (Å²) in [4.78, 5) is 8.60. The van der Waals surface area contributed by atoms with Crippen LogP contribution in [-0.2, 0) is 0 Å². The zero-order chi connectivity index (χ0) is 10.3. The van der Waals surface area contributed by atoms with Crippen molar-refractivity contribution < 1.29 is 0 Å². The maximum Gasteiger partial charge on any atom is 0.125 e. The summed E-state index contributed by atoms with van der Waals surface area (Å²) in [7, 11) is 0. The molecule has 0 aromatic carbocycles. The van der Waals surface area contributed by atoms with Crippen molar-refractivity contribution in [2.75, 3.05) is 0 Å². The number of hydrogen-bond acceptors (Lipinski definition) is 1. The van der Waals surface area contributed by atoms with Crippen molar-refractivity contribution in [1.29, 1.82) is 0 Å². The first-order valence-electron chi connectivity index (χ1n) is 4.80. The largest absolute Gasteiger partial charge is 0.243 e. The summed E-state index contributed by atoms with van der Waals surface area (Å²) in [6.45, 7) is 10.1. The molecule has 0 saturated heterocycles. The highest BCUT2D eigenvalue weighted by Crippen LogP contribution is 2.00. The Morgan fingerprint density at radius 3 is 2.15 bits per heavy atom. The quantitative estimate of drug-likeness (QED) is 0.468. The molecule has 0 aliphatic carbocycles. The van der Waals surface area contributed by atoms with Gasteiger partial charge < -0.3 is 0 Å². The van der Waals surface area contributed by atoms with Gasteiger partial charge in [0.05, 0.1) is 0 Å². The second-order valence-electron chi connectivity index (χ2n) is 3.35. The average Bonchev–Trinajstić information content (AvgIpc) is 1.98. The minimum atomic E-state index is 0.838. The summed E-state index contributed by atoms with van der Waals surface area (Å²) < 4.78 is 0. The predicted octanol–water partition coefficient (Wildman–Crippen LogP) is 3.59. The second-order valence-corrected chi connectivity index (χ2v) is 3.35. The van der Waals surface area contributed by atoms with Gasteiger partial charge in [0.1, 0.15) is 5.84 Å². The molecule has 0 rings (SSSR count).